The number of nitrogens with zero attached hydrogens (tertiary/aromatic N) is 3. The number of aliphatic imine (C=N–C) groups is 1. The van der Waals surface area contributed by atoms with E-state index < -0.39 is 5.91 Å². The molecule has 0 saturated carbocycles. The average molecular weight is 409 g/mol. The van der Waals surface area contributed by atoms with Gasteiger partial charge < -0.3 is 4.74 Å². The molecule has 1 N–H and O–H groups in total. The molecule has 0 saturated heterocycles. The third kappa shape index (κ3) is 3.88. The van der Waals surface area contributed by atoms with Gasteiger partial charge in [0.25, 0.3) is 5.91 Å². The Bertz CT molecular complexity index is 1010. The molecular weight excluding hydrogens is 392 g/mol. The molecule has 2 aliphatic heterocycles. The highest BCUT2D eigenvalue weighted by Gasteiger charge is 2.35. The van der Waals surface area contributed by atoms with Crippen molar-refractivity contribution in [2.24, 2.45) is 10.1 Å². The van der Waals surface area contributed by atoms with Gasteiger partial charge in [0.1, 0.15) is 5.75 Å². The molecule has 0 aromatic heterocycles. The fraction of sp³-hybridized carbons (Fsp3) is 0.100. The summed E-state index contributed by atoms with van der Waals surface area (Å²) in [6.45, 7) is 0. The second kappa shape index (κ2) is 8.04. The molecule has 28 heavy (non-hydrogen) atoms. The van der Waals surface area contributed by atoms with Crippen LogP contribution in [0.15, 0.2) is 70.3 Å². The topological polar surface area (TPSA) is 78.1 Å². The number of fused-ring (bicyclic) bond motifs is 1. The Morgan fingerprint density at radius 3 is 2.64 bits per heavy atom. The molecule has 0 radical (unpaired) electrons. The first kappa shape index (κ1) is 18.5. The summed E-state index contributed by atoms with van der Waals surface area (Å²) in [5, 5.41) is 14.7. The molecular formula is C20H16N4O2S2. The minimum absolute atomic E-state index is 0.0358. The second-order valence-electron chi connectivity index (χ2n) is 5.93. The van der Waals surface area contributed by atoms with Crippen LogP contribution in [0.1, 0.15) is 11.1 Å². The maximum Gasteiger partial charge on any atom is 0.283 e. The molecule has 4 rings (SSSR count). The molecule has 0 atom stereocenters. The van der Waals surface area contributed by atoms with Gasteiger partial charge in [0.05, 0.1) is 12.7 Å². The van der Waals surface area contributed by atoms with Crippen LogP contribution in [0, 0.1) is 5.41 Å². The van der Waals surface area contributed by atoms with E-state index in [0.29, 0.717) is 5.17 Å². The Balaban J connectivity index is 1.52. The first-order valence-electron chi connectivity index (χ1n) is 8.45. The summed E-state index contributed by atoms with van der Waals surface area (Å²) in [6.07, 6.45) is 1.65. The monoisotopic (exact) mass is 408 g/mol. The minimum atomic E-state index is -0.427. The summed E-state index contributed by atoms with van der Waals surface area (Å²) < 4.78 is 5.91. The van der Waals surface area contributed by atoms with Crippen molar-refractivity contribution in [3.05, 3.63) is 71.3 Å². The molecule has 0 unspecified atom stereocenters. The van der Waals surface area contributed by atoms with Gasteiger partial charge in [-0.25, -0.2) is 0 Å². The number of ether oxygens (including phenoxy) is 1. The molecule has 1 amide bonds. The number of amidine groups is 2. The Kier molecular flexibility index (Phi) is 5.31. The lowest BCUT2D eigenvalue weighted by molar-refractivity contribution is -0.114. The predicted octanol–water partition coefficient (Wildman–Crippen LogP) is 4.21. The van der Waals surface area contributed by atoms with Crippen molar-refractivity contribution in [1.82, 2.24) is 5.01 Å². The molecule has 0 spiro atoms. The van der Waals surface area contributed by atoms with Gasteiger partial charge >= 0.3 is 0 Å². The Morgan fingerprint density at radius 2 is 1.93 bits per heavy atom. The van der Waals surface area contributed by atoms with Crippen molar-refractivity contribution in [1.29, 1.82) is 5.41 Å². The first-order valence-corrected chi connectivity index (χ1v) is 10.3. The van der Waals surface area contributed by atoms with E-state index in [-0.39, 0.29) is 11.4 Å². The molecule has 2 aliphatic rings. The standard InChI is InChI=1S/C20H16N4O2S2/c1-26-15-9-7-13(8-10-15)11-16-17(21)24-19(22-18(16)25)28-20(23-24)27-12-14-5-3-2-4-6-14/h2-11,21H,12H2,1H3/b16-11-,21-17?. The van der Waals surface area contributed by atoms with Crippen LogP contribution in [0.4, 0.5) is 0 Å². The van der Waals surface area contributed by atoms with Gasteiger partial charge in [0.2, 0.25) is 5.17 Å². The van der Waals surface area contributed by atoms with Crippen LogP contribution in [0.25, 0.3) is 6.08 Å². The number of hydrogen-bond donors (Lipinski definition) is 1. The van der Waals surface area contributed by atoms with Crippen molar-refractivity contribution < 1.29 is 9.53 Å². The average Bonchev–Trinajstić information content (AvgIpc) is 3.14. The number of benzene rings is 2. The lowest BCUT2D eigenvalue weighted by atomic mass is 10.1. The highest BCUT2D eigenvalue weighted by Crippen LogP contribution is 2.33. The van der Waals surface area contributed by atoms with Gasteiger partial charge in [0, 0.05) is 5.75 Å². The number of nitrogens with one attached hydrogen (secondary N) is 1. The summed E-state index contributed by atoms with van der Waals surface area (Å²) in [7, 11) is 1.60. The Morgan fingerprint density at radius 1 is 1.18 bits per heavy atom. The maximum atomic E-state index is 12.4. The zero-order chi connectivity index (χ0) is 19.5. The number of hydrazone groups is 1. The number of thioether (sulfide) groups is 2. The molecule has 0 bridgehead atoms. The Hall–Kier alpha value is -2.84. The number of carbonyl (C=O) groups is 1. The number of rotatable bonds is 4. The maximum absolute atomic E-state index is 12.4. The van der Waals surface area contributed by atoms with Crippen LogP contribution in [0.2, 0.25) is 0 Å². The van der Waals surface area contributed by atoms with Crippen LogP contribution < -0.4 is 4.74 Å². The van der Waals surface area contributed by atoms with Gasteiger partial charge in [-0.15, -0.1) is 5.10 Å². The largest absolute Gasteiger partial charge is 0.497 e. The van der Waals surface area contributed by atoms with Gasteiger partial charge in [0.15, 0.2) is 10.2 Å². The predicted molar refractivity (Wildman–Crippen MR) is 116 cm³/mol. The molecule has 2 aromatic carbocycles. The summed E-state index contributed by atoms with van der Waals surface area (Å²) in [5.74, 6) is 1.11. The SMILES string of the molecule is COc1ccc(/C=C2/C(=N)N3N=C(SCc4ccccc4)SC3=NC2=O)cc1. The molecule has 8 heteroatoms. The second-order valence-corrected chi connectivity index (χ2v) is 8.11. The number of hydrogen-bond acceptors (Lipinski definition) is 6. The van der Waals surface area contributed by atoms with Crippen molar-refractivity contribution in [2.75, 3.05) is 7.11 Å². The van der Waals surface area contributed by atoms with E-state index in [1.807, 2.05) is 30.3 Å². The van der Waals surface area contributed by atoms with Crippen molar-refractivity contribution in [2.45, 2.75) is 5.75 Å². The van der Waals surface area contributed by atoms with E-state index in [2.05, 4.69) is 22.2 Å². The van der Waals surface area contributed by atoms with Crippen molar-refractivity contribution >= 4 is 50.9 Å². The lowest BCUT2D eigenvalue weighted by Gasteiger charge is -2.20. The zero-order valence-corrected chi connectivity index (χ0v) is 16.6. The van der Waals surface area contributed by atoms with Gasteiger partial charge in [-0.05, 0) is 41.1 Å². The van der Waals surface area contributed by atoms with Crippen LogP contribution in [0.3, 0.4) is 0 Å². The quantitative estimate of drug-likeness (QED) is 0.767. The van der Waals surface area contributed by atoms with Crippen LogP contribution in [-0.2, 0) is 10.5 Å². The lowest BCUT2D eigenvalue weighted by Crippen LogP contribution is -2.35. The highest BCUT2D eigenvalue weighted by atomic mass is 32.2. The van der Waals surface area contributed by atoms with Crippen molar-refractivity contribution in [3.8, 4) is 5.75 Å². The number of amides is 1. The van der Waals surface area contributed by atoms with Gasteiger partial charge in [-0.3, -0.25) is 10.2 Å². The fourth-order valence-electron chi connectivity index (χ4n) is 2.62. The molecule has 6 nitrogen and oxygen atoms in total. The van der Waals surface area contributed by atoms with E-state index in [4.69, 9.17) is 10.1 Å². The van der Waals surface area contributed by atoms with Crippen LogP contribution in [0.5, 0.6) is 5.75 Å². The van der Waals surface area contributed by atoms with E-state index in [1.54, 1.807) is 37.1 Å². The van der Waals surface area contributed by atoms with E-state index in [1.165, 1.54) is 22.3 Å². The molecule has 140 valence electrons. The number of methoxy groups -OCH3 is 1. The third-order valence-electron chi connectivity index (χ3n) is 4.07. The summed E-state index contributed by atoms with van der Waals surface area (Å²) >= 11 is 2.88. The molecule has 2 heterocycles. The van der Waals surface area contributed by atoms with E-state index in [9.17, 15) is 4.79 Å². The summed E-state index contributed by atoms with van der Waals surface area (Å²) in [6, 6.07) is 17.4. The molecule has 0 aliphatic carbocycles. The number of carbonyl (C=O) groups excluding carboxylic acids is 1. The third-order valence-corrected chi connectivity index (χ3v) is 6.18. The van der Waals surface area contributed by atoms with Crippen molar-refractivity contribution in [3.63, 3.8) is 0 Å². The smallest absolute Gasteiger partial charge is 0.283 e. The Labute approximate surface area is 170 Å². The van der Waals surface area contributed by atoms with Gasteiger partial charge in [-0.1, -0.05) is 54.2 Å². The normalized spacial score (nSPS) is 17.5. The van der Waals surface area contributed by atoms with Gasteiger partial charge in [-0.2, -0.15) is 10.0 Å². The van der Waals surface area contributed by atoms with E-state index in [0.717, 1.165) is 21.4 Å². The highest BCUT2D eigenvalue weighted by molar-refractivity contribution is 8.45. The fourth-order valence-corrected chi connectivity index (χ4v) is 4.50. The molecule has 0 fully saturated rings. The minimum Gasteiger partial charge on any atom is -0.497 e. The van der Waals surface area contributed by atoms with Crippen LogP contribution >= 0.6 is 23.5 Å². The first-order chi connectivity index (χ1) is 13.6. The van der Waals surface area contributed by atoms with Crippen LogP contribution in [-0.4, -0.2) is 33.4 Å². The zero-order valence-electron chi connectivity index (χ0n) is 15.0. The summed E-state index contributed by atoms with van der Waals surface area (Å²) in [5.41, 5.74) is 2.20. The molecule has 2 aromatic rings. The summed E-state index contributed by atoms with van der Waals surface area (Å²) in [4.78, 5) is 16.6. The van der Waals surface area contributed by atoms with E-state index >= 15 is 0 Å².